The molecule has 0 aromatic heterocycles. The maximum atomic E-state index is 2.51. The third-order valence-electron chi connectivity index (χ3n) is 3.80. The molecule has 0 aromatic rings. The molecule has 82 valence electrons. The Labute approximate surface area is 89.8 Å². The minimum Gasteiger partial charge on any atom is -0.0851 e. The molecule has 0 radical (unpaired) electrons. The van der Waals surface area contributed by atoms with E-state index in [2.05, 4.69) is 26.8 Å². The highest BCUT2D eigenvalue weighted by molar-refractivity contribution is 5.06. The third kappa shape index (κ3) is 3.86. The Bertz CT molecular complexity index is 174. The predicted octanol–water partition coefficient (Wildman–Crippen LogP) is 4.95. The summed E-state index contributed by atoms with van der Waals surface area (Å²) in [6.07, 6.45) is 12.2. The van der Waals surface area contributed by atoms with Gasteiger partial charge in [0.15, 0.2) is 0 Å². The lowest BCUT2D eigenvalue weighted by Crippen LogP contribution is -2.03. The topological polar surface area (TPSA) is 0 Å². The standard InChI is InChI=1S/C14H26/c1-4-13(5-2)10-11-14-8-6-12(3)7-9-14/h8,12-13H,4-7,9-11H2,1-3H3. The molecule has 0 spiro atoms. The Morgan fingerprint density at radius 3 is 2.57 bits per heavy atom. The molecule has 1 unspecified atom stereocenters. The average molecular weight is 194 g/mol. The molecule has 14 heavy (non-hydrogen) atoms. The van der Waals surface area contributed by atoms with Crippen LogP contribution in [-0.4, -0.2) is 0 Å². The lowest BCUT2D eigenvalue weighted by molar-refractivity contribution is 0.440. The normalized spacial score (nSPS) is 22.6. The van der Waals surface area contributed by atoms with Crippen LogP contribution in [0.5, 0.6) is 0 Å². The first-order valence-corrected chi connectivity index (χ1v) is 6.44. The van der Waals surface area contributed by atoms with E-state index in [9.17, 15) is 0 Å². The molecule has 1 atom stereocenters. The van der Waals surface area contributed by atoms with Gasteiger partial charge < -0.3 is 0 Å². The number of hydrogen-bond acceptors (Lipinski definition) is 0. The summed E-state index contributed by atoms with van der Waals surface area (Å²) in [5, 5.41) is 0. The van der Waals surface area contributed by atoms with Crippen LogP contribution in [-0.2, 0) is 0 Å². The quantitative estimate of drug-likeness (QED) is 0.543. The maximum Gasteiger partial charge on any atom is -0.0318 e. The van der Waals surface area contributed by atoms with Gasteiger partial charge in [-0.1, -0.05) is 45.3 Å². The fraction of sp³-hybridized carbons (Fsp3) is 0.857. The SMILES string of the molecule is CCC(CC)CCC1=CCC(C)CC1. The van der Waals surface area contributed by atoms with Crippen molar-refractivity contribution in [3.05, 3.63) is 11.6 Å². The van der Waals surface area contributed by atoms with Crippen LogP contribution in [0.4, 0.5) is 0 Å². The van der Waals surface area contributed by atoms with Crippen LogP contribution in [0.1, 0.15) is 65.7 Å². The molecular weight excluding hydrogens is 168 g/mol. The van der Waals surface area contributed by atoms with Gasteiger partial charge in [-0.05, 0) is 43.9 Å². The van der Waals surface area contributed by atoms with E-state index in [1.807, 2.05) is 0 Å². The Kier molecular flexibility index (Phi) is 5.29. The molecule has 0 fully saturated rings. The number of hydrogen-bond donors (Lipinski definition) is 0. The van der Waals surface area contributed by atoms with E-state index < -0.39 is 0 Å². The Hall–Kier alpha value is -0.260. The second-order valence-electron chi connectivity index (χ2n) is 4.96. The van der Waals surface area contributed by atoms with Gasteiger partial charge in [0.1, 0.15) is 0 Å². The fourth-order valence-corrected chi connectivity index (χ4v) is 2.33. The summed E-state index contributed by atoms with van der Waals surface area (Å²) >= 11 is 0. The highest BCUT2D eigenvalue weighted by atomic mass is 14.2. The molecule has 1 aliphatic rings. The molecule has 0 amide bonds. The van der Waals surface area contributed by atoms with Crippen molar-refractivity contribution in [3.63, 3.8) is 0 Å². The minimum absolute atomic E-state index is 0.937. The van der Waals surface area contributed by atoms with Gasteiger partial charge >= 0.3 is 0 Å². The monoisotopic (exact) mass is 194 g/mol. The van der Waals surface area contributed by atoms with Gasteiger partial charge in [0, 0.05) is 0 Å². The van der Waals surface area contributed by atoms with Crippen molar-refractivity contribution >= 4 is 0 Å². The fourth-order valence-electron chi connectivity index (χ4n) is 2.33. The van der Waals surface area contributed by atoms with Gasteiger partial charge in [-0.3, -0.25) is 0 Å². The van der Waals surface area contributed by atoms with Gasteiger partial charge in [0.25, 0.3) is 0 Å². The Balaban J connectivity index is 2.24. The molecule has 0 aromatic carbocycles. The van der Waals surface area contributed by atoms with Gasteiger partial charge in [0.05, 0.1) is 0 Å². The summed E-state index contributed by atoms with van der Waals surface area (Å²) in [6, 6.07) is 0. The minimum atomic E-state index is 0.937. The molecular formula is C14H26. The van der Waals surface area contributed by atoms with Crippen molar-refractivity contribution in [2.24, 2.45) is 11.8 Å². The number of rotatable bonds is 5. The van der Waals surface area contributed by atoms with Crippen molar-refractivity contribution in [1.82, 2.24) is 0 Å². The smallest absolute Gasteiger partial charge is 0.0318 e. The van der Waals surface area contributed by atoms with E-state index in [4.69, 9.17) is 0 Å². The van der Waals surface area contributed by atoms with Crippen LogP contribution < -0.4 is 0 Å². The van der Waals surface area contributed by atoms with Crippen molar-refractivity contribution in [3.8, 4) is 0 Å². The molecule has 0 saturated heterocycles. The predicted molar refractivity (Wildman–Crippen MR) is 64.4 cm³/mol. The van der Waals surface area contributed by atoms with E-state index >= 15 is 0 Å². The summed E-state index contributed by atoms with van der Waals surface area (Å²) < 4.78 is 0. The Morgan fingerprint density at radius 1 is 1.36 bits per heavy atom. The summed E-state index contributed by atoms with van der Waals surface area (Å²) in [4.78, 5) is 0. The number of allylic oxidation sites excluding steroid dienone is 2. The van der Waals surface area contributed by atoms with Crippen LogP contribution in [0.15, 0.2) is 11.6 Å². The highest BCUT2D eigenvalue weighted by Gasteiger charge is 2.11. The van der Waals surface area contributed by atoms with E-state index in [1.165, 1.54) is 44.9 Å². The van der Waals surface area contributed by atoms with Crippen molar-refractivity contribution in [1.29, 1.82) is 0 Å². The second kappa shape index (κ2) is 6.27. The maximum absolute atomic E-state index is 2.51. The zero-order valence-electron chi connectivity index (χ0n) is 10.2. The van der Waals surface area contributed by atoms with Crippen LogP contribution in [0, 0.1) is 11.8 Å². The molecule has 1 rings (SSSR count). The molecule has 0 bridgehead atoms. The van der Waals surface area contributed by atoms with Gasteiger partial charge in [-0.25, -0.2) is 0 Å². The van der Waals surface area contributed by atoms with Crippen molar-refractivity contribution in [2.45, 2.75) is 65.7 Å². The molecule has 1 aliphatic carbocycles. The average Bonchev–Trinajstić information content (AvgIpc) is 2.22. The largest absolute Gasteiger partial charge is 0.0851 e. The van der Waals surface area contributed by atoms with Crippen LogP contribution in [0.3, 0.4) is 0 Å². The first-order valence-electron chi connectivity index (χ1n) is 6.44. The second-order valence-corrected chi connectivity index (χ2v) is 4.96. The van der Waals surface area contributed by atoms with E-state index in [1.54, 1.807) is 5.57 Å². The van der Waals surface area contributed by atoms with Crippen LogP contribution in [0.2, 0.25) is 0 Å². The molecule has 0 heteroatoms. The summed E-state index contributed by atoms with van der Waals surface area (Å²) in [5.41, 5.74) is 1.75. The van der Waals surface area contributed by atoms with E-state index in [-0.39, 0.29) is 0 Å². The first kappa shape index (κ1) is 11.8. The first-order chi connectivity index (χ1) is 6.76. The summed E-state index contributed by atoms with van der Waals surface area (Å²) in [5.74, 6) is 1.90. The zero-order chi connectivity index (χ0) is 10.4. The lowest BCUT2D eigenvalue weighted by Gasteiger charge is -2.20. The molecule has 0 N–H and O–H groups in total. The van der Waals surface area contributed by atoms with Crippen LogP contribution in [0.25, 0.3) is 0 Å². The molecule has 0 saturated carbocycles. The third-order valence-corrected chi connectivity index (χ3v) is 3.80. The molecule has 0 heterocycles. The van der Waals surface area contributed by atoms with E-state index in [0.717, 1.165) is 11.8 Å². The van der Waals surface area contributed by atoms with Gasteiger partial charge in [0.2, 0.25) is 0 Å². The van der Waals surface area contributed by atoms with E-state index in [0.29, 0.717) is 0 Å². The molecule has 0 nitrogen and oxygen atoms in total. The molecule has 0 aliphatic heterocycles. The summed E-state index contributed by atoms with van der Waals surface area (Å²) in [6.45, 7) is 7.02. The van der Waals surface area contributed by atoms with Crippen molar-refractivity contribution < 1.29 is 0 Å². The highest BCUT2D eigenvalue weighted by Crippen LogP contribution is 2.27. The Morgan fingerprint density at radius 2 is 2.07 bits per heavy atom. The van der Waals surface area contributed by atoms with Gasteiger partial charge in [-0.15, -0.1) is 0 Å². The zero-order valence-corrected chi connectivity index (χ0v) is 10.2. The van der Waals surface area contributed by atoms with Crippen molar-refractivity contribution in [2.75, 3.05) is 0 Å². The van der Waals surface area contributed by atoms with Gasteiger partial charge in [-0.2, -0.15) is 0 Å². The summed E-state index contributed by atoms with van der Waals surface area (Å²) in [7, 11) is 0. The lowest BCUT2D eigenvalue weighted by atomic mass is 9.86. The van der Waals surface area contributed by atoms with Crippen LogP contribution >= 0.6 is 0 Å².